The minimum atomic E-state index is -0.224. The number of likely N-dealkylation sites (tertiary alicyclic amines) is 1. The van der Waals surface area contributed by atoms with Gasteiger partial charge in [0.25, 0.3) is 0 Å². The van der Waals surface area contributed by atoms with Crippen LogP contribution in [0.2, 0.25) is 0 Å². The fourth-order valence-corrected chi connectivity index (χ4v) is 3.35. The fraction of sp³-hybridized carbons (Fsp3) is 0.381. The third-order valence-electron chi connectivity index (χ3n) is 4.89. The normalized spacial score (nSPS) is 14.8. The number of nitrogens with one attached hydrogen (secondary N) is 1. The van der Waals surface area contributed by atoms with E-state index in [9.17, 15) is 9.59 Å². The van der Waals surface area contributed by atoms with Crippen LogP contribution in [0.25, 0.3) is 0 Å². The number of benzene rings is 1. The standard InChI is InChI=1S/C21H25N3O2/c25-20(23-16-19-6-10-22-11-7-19)15-21(26)24-12-8-18(9-13-24)14-17-4-2-1-3-5-17/h1-7,10-11,18H,8-9,12-16H2,(H,23,25). The van der Waals surface area contributed by atoms with Gasteiger partial charge >= 0.3 is 0 Å². The second-order valence-electron chi connectivity index (χ2n) is 6.82. The van der Waals surface area contributed by atoms with Crippen LogP contribution in [0.15, 0.2) is 54.9 Å². The highest BCUT2D eigenvalue weighted by atomic mass is 16.2. The summed E-state index contributed by atoms with van der Waals surface area (Å²) in [6.45, 7) is 1.91. The molecule has 1 saturated heterocycles. The Morgan fingerprint density at radius 3 is 2.38 bits per heavy atom. The van der Waals surface area contributed by atoms with Crippen molar-refractivity contribution in [2.45, 2.75) is 32.2 Å². The van der Waals surface area contributed by atoms with E-state index in [4.69, 9.17) is 0 Å². The number of carbonyl (C=O) groups excluding carboxylic acids is 2. The molecule has 1 aromatic heterocycles. The number of hydrogen-bond acceptors (Lipinski definition) is 3. The summed E-state index contributed by atoms with van der Waals surface area (Å²) in [4.78, 5) is 30.1. The summed E-state index contributed by atoms with van der Waals surface area (Å²) in [7, 11) is 0. The summed E-state index contributed by atoms with van der Waals surface area (Å²) in [5, 5.41) is 2.80. The molecule has 1 aliphatic rings. The van der Waals surface area contributed by atoms with Gasteiger partial charge in [0.15, 0.2) is 0 Å². The number of rotatable bonds is 6. The molecule has 0 unspecified atom stereocenters. The summed E-state index contributed by atoms with van der Waals surface area (Å²) in [6, 6.07) is 14.2. The average molecular weight is 351 g/mol. The van der Waals surface area contributed by atoms with E-state index in [-0.39, 0.29) is 18.2 Å². The van der Waals surface area contributed by atoms with Crippen molar-refractivity contribution in [2.75, 3.05) is 13.1 Å². The third-order valence-corrected chi connectivity index (χ3v) is 4.89. The van der Waals surface area contributed by atoms with Crippen LogP contribution in [-0.2, 0) is 22.6 Å². The Morgan fingerprint density at radius 2 is 1.69 bits per heavy atom. The Hall–Kier alpha value is -2.69. The summed E-state index contributed by atoms with van der Waals surface area (Å²) < 4.78 is 0. The molecular formula is C21H25N3O2. The molecule has 2 aromatic rings. The van der Waals surface area contributed by atoms with Gasteiger partial charge in [-0.05, 0) is 48.4 Å². The highest BCUT2D eigenvalue weighted by molar-refractivity contribution is 5.96. The molecule has 2 heterocycles. The second-order valence-corrected chi connectivity index (χ2v) is 6.82. The quantitative estimate of drug-likeness (QED) is 0.814. The molecule has 1 aromatic carbocycles. The Labute approximate surface area is 154 Å². The lowest BCUT2D eigenvalue weighted by Crippen LogP contribution is -2.41. The summed E-state index contributed by atoms with van der Waals surface area (Å²) in [6.07, 6.45) is 6.36. The highest BCUT2D eigenvalue weighted by Crippen LogP contribution is 2.22. The monoisotopic (exact) mass is 351 g/mol. The van der Waals surface area contributed by atoms with Gasteiger partial charge in [0.05, 0.1) is 0 Å². The van der Waals surface area contributed by atoms with E-state index in [0.717, 1.165) is 37.9 Å². The van der Waals surface area contributed by atoms with Crippen molar-refractivity contribution in [2.24, 2.45) is 5.92 Å². The van der Waals surface area contributed by atoms with E-state index in [1.165, 1.54) is 5.56 Å². The Balaban J connectivity index is 1.38. The molecule has 0 atom stereocenters. The van der Waals surface area contributed by atoms with Crippen LogP contribution in [0, 0.1) is 5.92 Å². The molecule has 1 N–H and O–H groups in total. The SMILES string of the molecule is O=C(CC(=O)N1CCC(Cc2ccccc2)CC1)NCc1ccncc1. The Kier molecular flexibility index (Phi) is 6.36. The summed E-state index contributed by atoms with van der Waals surface area (Å²) in [5.74, 6) is 0.315. The van der Waals surface area contributed by atoms with Crippen LogP contribution in [0.3, 0.4) is 0 Å². The topological polar surface area (TPSA) is 62.3 Å². The van der Waals surface area contributed by atoms with Gasteiger partial charge in [-0.3, -0.25) is 14.6 Å². The average Bonchev–Trinajstić information content (AvgIpc) is 2.68. The molecule has 2 amide bonds. The van der Waals surface area contributed by atoms with Gasteiger partial charge in [0.2, 0.25) is 11.8 Å². The van der Waals surface area contributed by atoms with Crippen LogP contribution in [0.1, 0.15) is 30.4 Å². The second kappa shape index (κ2) is 9.13. The lowest BCUT2D eigenvalue weighted by molar-refractivity contribution is -0.137. The lowest BCUT2D eigenvalue weighted by Gasteiger charge is -2.32. The Bertz CT molecular complexity index is 711. The van der Waals surface area contributed by atoms with Crippen LogP contribution >= 0.6 is 0 Å². The van der Waals surface area contributed by atoms with Crippen LogP contribution in [-0.4, -0.2) is 34.8 Å². The molecule has 0 spiro atoms. The first-order valence-electron chi connectivity index (χ1n) is 9.18. The van der Waals surface area contributed by atoms with Crippen LogP contribution < -0.4 is 5.32 Å². The highest BCUT2D eigenvalue weighted by Gasteiger charge is 2.24. The predicted octanol–water partition coefficient (Wildman–Crippen LogP) is 2.57. The van der Waals surface area contributed by atoms with Gasteiger partial charge in [0.1, 0.15) is 6.42 Å². The van der Waals surface area contributed by atoms with Gasteiger partial charge in [-0.15, -0.1) is 0 Å². The van der Waals surface area contributed by atoms with Crippen molar-refractivity contribution in [1.82, 2.24) is 15.2 Å². The molecule has 1 aliphatic heterocycles. The van der Waals surface area contributed by atoms with Crippen molar-refractivity contribution in [3.05, 3.63) is 66.0 Å². The predicted molar refractivity (Wildman–Crippen MR) is 100 cm³/mol. The van der Waals surface area contributed by atoms with Crippen molar-refractivity contribution in [3.8, 4) is 0 Å². The van der Waals surface area contributed by atoms with E-state index in [2.05, 4.69) is 34.6 Å². The molecule has 0 saturated carbocycles. The van der Waals surface area contributed by atoms with Gasteiger partial charge in [-0.25, -0.2) is 0 Å². The van der Waals surface area contributed by atoms with Crippen molar-refractivity contribution in [3.63, 3.8) is 0 Å². The maximum absolute atomic E-state index is 12.3. The number of aromatic nitrogens is 1. The molecule has 0 bridgehead atoms. The molecule has 136 valence electrons. The maximum atomic E-state index is 12.3. The number of nitrogens with zero attached hydrogens (tertiary/aromatic N) is 2. The first kappa shape index (κ1) is 18.1. The van der Waals surface area contributed by atoms with E-state index in [1.54, 1.807) is 12.4 Å². The number of piperidine rings is 1. The summed E-state index contributed by atoms with van der Waals surface area (Å²) in [5.41, 5.74) is 2.33. The minimum Gasteiger partial charge on any atom is -0.352 e. The zero-order valence-electron chi connectivity index (χ0n) is 14.9. The first-order valence-corrected chi connectivity index (χ1v) is 9.18. The van der Waals surface area contributed by atoms with Gasteiger partial charge in [0, 0.05) is 32.0 Å². The molecule has 0 aliphatic carbocycles. The largest absolute Gasteiger partial charge is 0.352 e. The van der Waals surface area contributed by atoms with Crippen LogP contribution in [0.4, 0.5) is 0 Å². The molecule has 26 heavy (non-hydrogen) atoms. The zero-order chi connectivity index (χ0) is 18.2. The molecule has 5 heteroatoms. The first-order chi connectivity index (χ1) is 12.7. The number of hydrogen-bond donors (Lipinski definition) is 1. The zero-order valence-corrected chi connectivity index (χ0v) is 14.9. The molecule has 5 nitrogen and oxygen atoms in total. The van der Waals surface area contributed by atoms with Crippen LogP contribution in [0.5, 0.6) is 0 Å². The van der Waals surface area contributed by atoms with Gasteiger partial charge < -0.3 is 10.2 Å². The van der Waals surface area contributed by atoms with Crippen molar-refractivity contribution < 1.29 is 9.59 Å². The maximum Gasteiger partial charge on any atom is 0.232 e. The number of pyridine rings is 1. The number of carbonyl (C=O) groups is 2. The summed E-state index contributed by atoms with van der Waals surface area (Å²) >= 11 is 0. The molecular weight excluding hydrogens is 326 g/mol. The van der Waals surface area contributed by atoms with Gasteiger partial charge in [-0.1, -0.05) is 30.3 Å². The molecule has 1 fully saturated rings. The van der Waals surface area contributed by atoms with E-state index < -0.39 is 0 Å². The lowest BCUT2D eigenvalue weighted by atomic mass is 9.90. The van der Waals surface area contributed by atoms with E-state index in [1.807, 2.05) is 23.1 Å². The van der Waals surface area contributed by atoms with Crippen molar-refractivity contribution in [1.29, 1.82) is 0 Å². The molecule has 3 rings (SSSR count). The van der Waals surface area contributed by atoms with Gasteiger partial charge in [-0.2, -0.15) is 0 Å². The smallest absolute Gasteiger partial charge is 0.232 e. The fourth-order valence-electron chi connectivity index (χ4n) is 3.35. The van der Waals surface area contributed by atoms with Crippen molar-refractivity contribution >= 4 is 11.8 Å². The molecule has 0 radical (unpaired) electrons. The minimum absolute atomic E-state index is 0.0737. The van der Waals surface area contributed by atoms with E-state index in [0.29, 0.717) is 12.5 Å². The van der Waals surface area contributed by atoms with E-state index >= 15 is 0 Å². The third kappa shape index (κ3) is 5.41. The Morgan fingerprint density at radius 1 is 1.00 bits per heavy atom. The number of amides is 2.